The van der Waals surface area contributed by atoms with Gasteiger partial charge in [0.1, 0.15) is 34.1 Å². The maximum atomic E-state index is 12.7. The van der Waals surface area contributed by atoms with Crippen LogP contribution < -0.4 is 0 Å². The zero-order valence-corrected chi connectivity index (χ0v) is 16.2. The third-order valence-corrected chi connectivity index (χ3v) is 4.82. The van der Waals surface area contributed by atoms with Gasteiger partial charge in [-0.15, -0.1) is 0 Å². The molecule has 0 amide bonds. The lowest BCUT2D eigenvalue weighted by Gasteiger charge is -2.19. The van der Waals surface area contributed by atoms with Gasteiger partial charge in [-0.3, -0.25) is 4.79 Å². The molecule has 2 aromatic rings. The third-order valence-electron chi connectivity index (χ3n) is 4.82. The fourth-order valence-corrected chi connectivity index (χ4v) is 2.94. The van der Waals surface area contributed by atoms with Gasteiger partial charge in [0.25, 0.3) is 0 Å². The van der Waals surface area contributed by atoms with Crippen LogP contribution in [-0.2, 0) is 11.2 Å². The van der Waals surface area contributed by atoms with Crippen molar-refractivity contribution in [3.05, 3.63) is 46.0 Å². The summed E-state index contributed by atoms with van der Waals surface area (Å²) in [6, 6.07) is 4.80. The minimum absolute atomic E-state index is 0.0769. The SMILES string of the molecule is CCC(C)C(=O)c1c(O)c(Cc2cc(C)ccc2O)c(O)c(C(=O)OC)c1O. The summed E-state index contributed by atoms with van der Waals surface area (Å²) in [5.74, 6) is -4.40. The van der Waals surface area contributed by atoms with E-state index in [0.29, 0.717) is 12.0 Å². The second kappa shape index (κ2) is 8.21. The zero-order chi connectivity index (χ0) is 21.2. The molecule has 0 aliphatic rings. The number of esters is 1. The van der Waals surface area contributed by atoms with Crippen molar-refractivity contribution in [2.24, 2.45) is 5.92 Å². The van der Waals surface area contributed by atoms with Crippen molar-refractivity contribution in [1.82, 2.24) is 0 Å². The van der Waals surface area contributed by atoms with Crippen molar-refractivity contribution in [2.75, 3.05) is 7.11 Å². The monoisotopic (exact) mass is 388 g/mol. The maximum absolute atomic E-state index is 12.7. The van der Waals surface area contributed by atoms with Crippen molar-refractivity contribution in [1.29, 1.82) is 0 Å². The summed E-state index contributed by atoms with van der Waals surface area (Å²) in [6.45, 7) is 5.19. The van der Waals surface area contributed by atoms with Gasteiger partial charge in [-0.1, -0.05) is 31.5 Å². The lowest BCUT2D eigenvalue weighted by atomic mass is 9.89. The highest BCUT2D eigenvalue weighted by Gasteiger charge is 2.32. The van der Waals surface area contributed by atoms with Crippen LogP contribution in [0.1, 0.15) is 57.7 Å². The molecule has 0 spiro atoms. The van der Waals surface area contributed by atoms with Crippen molar-refractivity contribution in [3.63, 3.8) is 0 Å². The average molecular weight is 388 g/mol. The molecular formula is C21H24O7. The first-order valence-electron chi connectivity index (χ1n) is 8.84. The van der Waals surface area contributed by atoms with Crippen LogP contribution in [0.3, 0.4) is 0 Å². The molecule has 28 heavy (non-hydrogen) atoms. The number of aromatic hydroxyl groups is 4. The number of rotatable bonds is 6. The van der Waals surface area contributed by atoms with E-state index in [9.17, 15) is 30.0 Å². The van der Waals surface area contributed by atoms with Gasteiger partial charge in [-0.05, 0) is 25.0 Å². The van der Waals surface area contributed by atoms with E-state index in [-0.39, 0.29) is 17.7 Å². The van der Waals surface area contributed by atoms with Gasteiger partial charge >= 0.3 is 5.97 Å². The number of carbonyl (C=O) groups excluding carboxylic acids is 2. The van der Waals surface area contributed by atoms with Crippen molar-refractivity contribution in [3.8, 4) is 23.0 Å². The molecule has 0 saturated heterocycles. The first-order chi connectivity index (χ1) is 13.1. The highest BCUT2D eigenvalue weighted by Crippen LogP contribution is 2.45. The first-order valence-corrected chi connectivity index (χ1v) is 8.84. The Morgan fingerprint density at radius 3 is 2.21 bits per heavy atom. The summed E-state index contributed by atoms with van der Waals surface area (Å²) < 4.78 is 4.61. The van der Waals surface area contributed by atoms with Crippen LogP contribution in [0.15, 0.2) is 18.2 Å². The van der Waals surface area contributed by atoms with Crippen LogP contribution in [0.2, 0.25) is 0 Å². The smallest absolute Gasteiger partial charge is 0.345 e. The first kappa shape index (κ1) is 21.1. The number of benzene rings is 2. The number of methoxy groups -OCH3 is 1. The predicted octanol–water partition coefficient (Wildman–Crippen LogP) is 3.42. The molecule has 0 bridgehead atoms. The Hall–Kier alpha value is -3.22. The van der Waals surface area contributed by atoms with E-state index >= 15 is 0 Å². The number of phenols is 4. The number of hydrogen-bond donors (Lipinski definition) is 4. The molecule has 0 aliphatic carbocycles. The number of aryl methyl sites for hydroxylation is 1. The highest BCUT2D eigenvalue weighted by atomic mass is 16.5. The number of ketones is 1. The van der Waals surface area contributed by atoms with Crippen molar-refractivity contribution < 1.29 is 34.8 Å². The van der Waals surface area contributed by atoms with E-state index in [1.807, 2.05) is 0 Å². The summed E-state index contributed by atoms with van der Waals surface area (Å²) in [6.07, 6.45) is 0.274. The Balaban J connectivity index is 2.79. The van der Waals surface area contributed by atoms with Crippen LogP contribution in [0, 0.1) is 12.8 Å². The van der Waals surface area contributed by atoms with Gasteiger partial charge in [-0.25, -0.2) is 4.79 Å². The summed E-state index contributed by atoms with van der Waals surface area (Å²) in [5.41, 5.74) is -0.0155. The molecule has 7 nitrogen and oxygen atoms in total. The van der Waals surface area contributed by atoms with E-state index in [1.165, 1.54) is 6.07 Å². The Kier molecular flexibility index (Phi) is 6.18. The van der Waals surface area contributed by atoms with E-state index < -0.39 is 46.0 Å². The Labute approximate surface area is 162 Å². The molecule has 150 valence electrons. The largest absolute Gasteiger partial charge is 0.508 e. The molecule has 0 fully saturated rings. The van der Waals surface area contributed by atoms with E-state index in [1.54, 1.807) is 32.9 Å². The molecule has 0 radical (unpaired) electrons. The van der Waals surface area contributed by atoms with E-state index in [2.05, 4.69) is 4.74 Å². The molecule has 2 aromatic carbocycles. The van der Waals surface area contributed by atoms with Gasteiger partial charge in [0.15, 0.2) is 5.78 Å². The van der Waals surface area contributed by atoms with Crippen molar-refractivity contribution >= 4 is 11.8 Å². The molecule has 0 aromatic heterocycles. The van der Waals surface area contributed by atoms with Crippen LogP contribution in [0.5, 0.6) is 23.0 Å². The predicted molar refractivity (Wildman–Crippen MR) is 102 cm³/mol. The lowest BCUT2D eigenvalue weighted by molar-refractivity contribution is 0.0593. The second-order valence-corrected chi connectivity index (χ2v) is 6.75. The summed E-state index contributed by atoms with van der Waals surface area (Å²) >= 11 is 0. The Bertz CT molecular complexity index is 931. The van der Waals surface area contributed by atoms with Crippen LogP contribution >= 0.6 is 0 Å². The van der Waals surface area contributed by atoms with Gasteiger partial charge in [-0.2, -0.15) is 0 Å². The van der Waals surface area contributed by atoms with E-state index in [4.69, 9.17) is 0 Å². The normalized spacial score (nSPS) is 11.9. The zero-order valence-electron chi connectivity index (χ0n) is 16.2. The van der Waals surface area contributed by atoms with Crippen LogP contribution in [0.4, 0.5) is 0 Å². The van der Waals surface area contributed by atoms with Gasteiger partial charge in [0.05, 0.1) is 7.11 Å². The Morgan fingerprint density at radius 2 is 1.64 bits per heavy atom. The average Bonchev–Trinajstić information content (AvgIpc) is 2.66. The quantitative estimate of drug-likeness (QED) is 0.441. The molecule has 0 heterocycles. The fourth-order valence-electron chi connectivity index (χ4n) is 2.94. The van der Waals surface area contributed by atoms with E-state index in [0.717, 1.165) is 12.7 Å². The number of carbonyl (C=O) groups is 2. The van der Waals surface area contributed by atoms with Gasteiger partial charge < -0.3 is 25.2 Å². The topological polar surface area (TPSA) is 124 Å². The molecule has 2 rings (SSSR count). The molecule has 1 atom stereocenters. The number of Topliss-reactive ketones (excluding diaryl/α,β-unsaturated/α-hetero) is 1. The maximum Gasteiger partial charge on any atom is 0.345 e. The molecule has 0 saturated carbocycles. The lowest BCUT2D eigenvalue weighted by Crippen LogP contribution is -2.14. The fraction of sp³-hybridized carbons (Fsp3) is 0.333. The summed E-state index contributed by atoms with van der Waals surface area (Å²) in [7, 11) is 1.07. The Morgan fingerprint density at radius 1 is 1.04 bits per heavy atom. The van der Waals surface area contributed by atoms with Gasteiger partial charge in [0, 0.05) is 17.9 Å². The molecule has 0 aliphatic heterocycles. The number of hydrogen-bond acceptors (Lipinski definition) is 7. The van der Waals surface area contributed by atoms with Gasteiger partial charge in [0.2, 0.25) is 0 Å². The second-order valence-electron chi connectivity index (χ2n) is 6.75. The molecule has 7 heteroatoms. The van der Waals surface area contributed by atoms with Crippen LogP contribution in [0.25, 0.3) is 0 Å². The molecule has 4 N–H and O–H groups in total. The molecular weight excluding hydrogens is 364 g/mol. The summed E-state index contributed by atoms with van der Waals surface area (Å²) in [5, 5.41) is 41.8. The number of phenolic OH excluding ortho intramolecular Hbond substituents is 4. The van der Waals surface area contributed by atoms with Crippen LogP contribution in [-0.4, -0.2) is 39.3 Å². The molecule has 1 unspecified atom stereocenters. The highest BCUT2D eigenvalue weighted by molar-refractivity contribution is 6.08. The minimum atomic E-state index is -1.05. The summed E-state index contributed by atoms with van der Waals surface area (Å²) in [4.78, 5) is 24.8. The minimum Gasteiger partial charge on any atom is -0.508 e. The standard InChI is InChI=1S/C21H24O7/c1-5-11(3)17(23)15-18(24)13(9-12-8-10(2)6-7-14(12)22)19(25)16(20(15)26)21(27)28-4/h6-8,11,22,24-26H,5,9H2,1-4H3. The van der Waals surface area contributed by atoms with Crippen molar-refractivity contribution in [2.45, 2.75) is 33.6 Å². The number of ether oxygens (including phenoxy) is 1. The third kappa shape index (κ3) is 3.74.